The summed E-state index contributed by atoms with van der Waals surface area (Å²) in [4.78, 5) is 37.5. The topological polar surface area (TPSA) is 110 Å². The van der Waals surface area contributed by atoms with Gasteiger partial charge in [0.1, 0.15) is 17.2 Å². The van der Waals surface area contributed by atoms with Crippen molar-refractivity contribution >= 4 is 11.9 Å². The van der Waals surface area contributed by atoms with Gasteiger partial charge in [-0.15, -0.1) is 0 Å². The molecule has 3 rings (SSSR count). The highest BCUT2D eigenvalue weighted by atomic mass is 19.1. The van der Waals surface area contributed by atoms with E-state index in [4.69, 9.17) is 4.74 Å². The van der Waals surface area contributed by atoms with Crippen LogP contribution in [0.1, 0.15) is 53.1 Å². The predicted molar refractivity (Wildman–Crippen MR) is 121 cm³/mol. The molecule has 1 aliphatic carbocycles. The molecule has 0 bridgehead atoms. The molecule has 1 heterocycles. The summed E-state index contributed by atoms with van der Waals surface area (Å²) in [5.74, 6) is -3.06. The number of carbonyl (C=O) groups excluding carboxylic acids is 2. The minimum atomic E-state index is -1.06. The molecular weight excluding hydrogens is 448 g/mol. The molecule has 3 unspecified atom stereocenters. The monoisotopic (exact) mass is 477 g/mol. The normalized spacial score (nSPS) is 17.8. The number of amides is 1. The molecule has 3 atom stereocenters. The molecule has 184 valence electrons. The van der Waals surface area contributed by atoms with Crippen LogP contribution in [-0.2, 0) is 17.8 Å². The van der Waals surface area contributed by atoms with Crippen molar-refractivity contribution in [2.45, 2.75) is 45.8 Å². The summed E-state index contributed by atoms with van der Waals surface area (Å²) in [5, 5.41) is 16.2. The molecule has 0 radical (unpaired) electrons. The third kappa shape index (κ3) is 5.61. The summed E-state index contributed by atoms with van der Waals surface area (Å²) >= 11 is 0. The largest absolute Gasteiger partial charge is 0.502 e. The Labute approximate surface area is 195 Å². The number of nitrogens with one attached hydrogen (secondary N) is 2. The van der Waals surface area contributed by atoms with Crippen LogP contribution in [0.3, 0.4) is 0 Å². The van der Waals surface area contributed by atoms with E-state index in [2.05, 4.69) is 24.5 Å². The highest BCUT2D eigenvalue weighted by molar-refractivity contribution is 5.96. The minimum absolute atomic E-state index is 0.0228. The Morgan fingerprint density at radius 1 is 1.32 bits per heavy atom. The lowest BCUT2D eigenvalue weighted by atomic mass is 10.1. The first-order valence-corrected chi connectivity index (χ1v) is 11.2. The Bertz CT molecular complexity index is 1130. The van der Waals surface area contributed by atoms with Crippen molar-refractivity contribution in [1.82, 2.24) is 15.2 Å². The van der Waals surface area contributed by atoms with Gasteiger partial charge in [-0.2, -0.15) is 0 Å². The van der Waals surface area contributed by atoms with Crippen LogP contribution in [-0.4, -0.2) is 41.2 Å². The lowest BCUT2D eigenvalue weighted by Crippen LogP contribution is -2.35. The van der Waals surface area contributed by atoms with Crippen LogP contribution in [0.15, 0.2) is 29.2 Å². The molecule has 34 heavy (non-hydrogen) atoms. The summed E-state index contributed by atoms with van der Waals surface area (Å²) in [5.41, 5.74) is -1.81. The second-order valence-corrected chi connectivity index (χ2v) is 8.52. The number of ether oxygens (including phenoxy) is 1. The fraction of sp³-hybridized carbons (Fsp3) is 0.458. The van der Waals surface area contributed by atoms with Crippen LogP contribution < -0.4 is 16.1 Å². The molecule has 8 nitrogen and oxygen atoms in total. The van der Waals surface area contributed by atoms with Crippen LogP contribution in [0.5, 0.6) is 5.75 Å². The number of rotatable bonds is 10. The average molecular weight is 478 g/mol. The highest BCUT2D eigenvalue weighted by Crippen LogP contribution is 2.41. The van der Waals surface area contributed by atoms with Gasteiger partial charge in [0.05, 0.1) is 7.11 Å². The maximum atomic E-state index is 13.9. The number of aromatic nitrogens is 1. The van der Waals surface area contributed by atoms with Crippen LogP contribution in [0.2, 0.25) is 0 Å². The van der Waals surface area contributed by atoms with Crippen LogP contribution in [0, 0.1) is 23.5 Å². The first-order chi connectivity index (χ1) is 16.2. The van der Waals surface area contributed by atoms with Crippen LogP contribution in [0.25, 0.3) is 0 Å². The summed E-state index contributed by atoms with van der Waals surface area (Å²) in [6.45, 7) is 4.58. The number of benzene rings is 1. The van der Waals surface area contributed by atoms with E-state index in [0.717, 1.165) is 26.0 Å². The number of pyridine rings is 1. The maximum absolute atomic E-state index is 13.9. The van der Waals surface area contributed by atoms with Crippen molar-refractivity contribution in [2.75, 3.05) is 13.7 Å². The van der Waals surface area contributed by atoms with Gasteiger partial charge in [0.15, 0.2) is 11.4 Å². The van der Waals surface area contributed by atoms with Crippen molar-refractivity contribution in [1.29, 1.82) is 0 Å². The zero-order valence-corrected chi connectivity index (χ0v) is 19.4. The van der Waals surface area contributed by atoms with Gasteiger partial charge in [-0.05, 0) is 30.7 Å². The van der Waals surface area contributed by atoms with E-state index < -0.39 is 40.3 Å². The van der Waals surface area contributed by atoms with Crippen LogP contribution >= 0.6 is 0 Å². The van der Waals surface area contributed by atoms with Gasteiger partial charge >= 0.3 is 5.97 Å². The van der Waals surface area contributed by atoms with Crippen molar-refractivity contribution in [3.05, 3.63) is 63.1 Å². The summed E-state index contributed by atoms with van der Waals surface area (Å²) < 4.78 is 32.9. The third-order valence-electron chi connectivity index (χ3n) is 6.22. The number of esters is 1. The Kier molecular flexibility index (Phi) is 8.03. The number of hydrogen-bond donors (Lipinski definition) is 3. The van der Waals surface area contributed by atoms with Gasteiger partial charge in [0.25, 0.3) is 5.91 Å². The second kappa shape index (κ2) is 10.8. The molecule has 10 heteroatoms. The third-order valence-corrected chi connectivity index (χ3v) is 6.22. The highest BCUT2D eigenvalue weighted by Gasteiger charge is 2.38. The van der Waals surface area contributed by atoms with E-state index in [9.17, 15) is 28.3 Å². The standard InChI is InChI=1S/C24H29F2N3O5/c1-4-19(16-9-13(16)2)27-7-8-29-12-17(21(30)22(31)20(29)24(33)34-3)23(32)28-11-14-5-6-15(25)10-18(14)26/h5-6,10,12-13,16,19,27,31H,4,7-9,11H2,1-3H3,(H,28,32). The van der Waals surface area contributed by atoms with Crippen molar-refractivity contribution in [3.8, 4) is 5.75 Å². The lowest BCUT2D eigenvalue weighted by Gasteiger charge is -2.19. The van der Waals surface area contributed by atoms with Crippen molar-refractivity contribution in [2.24, 2.45) is 11.8 Å². The Hall–Kier alpha value is -3.27. The first-order valence-electron chi connectivity index (χ1n) is 11.2. The van der Waals surface area contributed by atoms with Gasteiger partial charge in [0, 0.05) is 43.5 Å². The van der Waals surface area contributed by atoms with Crippen molar-refractivity contribution < 1.29 is 28.2 Å². The molecule has 0 saturated heterocycles. The number of aromatic hydroxyl groups is 1. The molecular formula is C24H29F2N3O5. The Morgan fingerprint density at radius 3 is 2.62 bits per heavy atom. The summed E-state index contributed by atoms with van der Waals surface area (Å²) in [7, 11) is 1.12. The van der Waals surface area contributed by atoms with Gasteiger partial charge in [-0.25, -0.2) is 13.6 Å². The van der Waals surface area contributed by atoms with E-state index in [-0.39, 0.29) is 24.3 Å². The molecule has 0 aliphatic heterocycles. The summed E-state index contributed by atoms with van der Waals surface area (Å²) in [6.07, 6.45) is 3.26. The second-order valence-electron chi connectivity index (χ2n) is 8.52. The zero-order chi connectivity index (χ0) is 25.0. The molecule has 1 aromatic heterocycles. The predicted octanol–water partition coefficient (Wildman–Crippen LogP) is 2.57. The average Bonchev–Trinajstić information content (AvgIpc) is 3.53. The summed E-state index contributed by atoms with van der Waals surface area (Å²) in [6, 6.07) is 3.22. The molecule has 3 N–H and O–H groups in total. The molecule has 1 amide bonds. The zero-order valence-electron chi connectivity index (χ0n) is 19.4. The molecule has 1 aromatic carbocycles. The first kappa shape index (κ1) is 25.4. The van der Waals surface area contributed by atoms with Gasteiger partial charge < -0.3 is 25.0 Å². The van der Waals surface area contributed by atoms with E-state index in [0.29, 0.717) is 30.5 Å². The van der Waals surface area contributed by atoms with Gasteiger partial charge in [0.2, 0.25) is 5.43 Å². The van der Waals surface area contributed by atoms with Gasteiger partial charge in [-0.3, -0.25) is 9.59 Å². The number of nitrogens with zero attached hydrogens (tertiary/aromatic N) is 1. The number of carbonyl (C=O) groups is 2. The van der Waals surface area contributed by atoms with E-state index in [1.54, 1.807) is 0 Å². The molecule has 1 aliphatic rings. The molecule has 1 fully saturated rings. The lowest BCUT2D eigenvalue weighted by molar-refractivity contribution is 0.0582. The fourth-order valence-electron chi connectivity index (χ4n) is 4.12. The number of methoxy groups -OCH3 is 1. The Morgan fingerprint density at radius 2 is 2.03 bits per heavy atom. The van der Waals surface area contributed by atoms with E-state index in [1.807, 2.05) is 0 Å². The fourth-order valence-corrected chi connectivity index (χ4v) is 4.12. The van der Waals surface area contributed by atoms with E-state index >= 15 is 0 Å². The molecule has 0 spiro atoms. The van der Waals surface area contributed by atoms with E-state index in [1.165, 1.54) is 16.8 Å². The van der Waals surface area contributed by atoms with Gasteiger partial charge in [-0.1, -0.05) is 19.9 Å². The Balaban J connectivity index is 1.81. The number of hydrogen-bond acceptors (Lipinski definition) is 6. The smallest absolute Gasteiger partial charge is 0.358 e. The quantitative estimate of drug-likeness (QED) is 0.454. The molecule has 2 aromatic rings. The number of halogens is 2. The van der Waals surface area contributed by atoms with Crippen LogP contribution in [0.4, 0.5) is 8.78 Å². The van der Waals surface area contributed by atoms with Crippen molar-refractivity contribution in [3.63, 3.8) is 0 Å². The molecule has 1 saturated carbocycles. The maximum Gasteiger partial charge on any atom is 0.358 e. The SMILES string of the molecule is CCC(NCCn1cc(C(=O)NCc2ccc(F)cc2F)c(=O)c(O)c1C(=O)OC)C1CC1C. The minimum Gasteiger partial charge on any atom is -0.502 e.